The first-order valence-electron chi connectivity index (χ1n) is 9.03. The van der Waals surface area contributed by atoms with Gasteiger partial charge in [0.25, 0.3) is 5.91 Å². The van der Waals surface area contributed by atoms with Gasteiger partial charge < -0.3 is 10.4 Å². The molecule has 11 heteroatoms. The van der Waals surface area contributed by atoms with E-state index in [9.17, 15) is 27.5 Å². The Morgan fingerprint density at radius 1 is 1.23 bits per heavy atom. The molecule has 0 aliphatic heterocycles. The van der Waals surface area contributed by atoms with Crippen molar-refractivity contribution in [1.82, 2.24) is 15.3 Å². The van der Waals surface area contributed by atoms with Gasteiger partial charge in [-0.1, -0.05) is 29.3 Å². The zero-order chi connectivity index (χ0) is 22.1. The maximum absolute atomic E-state index is 13.6. The van der Waals surface area contributed by atoms with Crippen LogP contribution < -0.4 is 5.32 Å². The van der Waals surface area contributed by atoms with Gasteiger partial charge in [-0.25, -0.2) is 14.4 Å². The van der Waals surface area contributed by atoms with Crippen LogP contribution >= 0.6 is 23.2 Å². The van der Waals surface area contributed by atoms with Crippen molar-refractivity contribution in [3.8, 4) is 0 Å². The van der Waals surface area contributed by atoms with Gasteiger partial charge in [0.1, 0.15) is 23.1 Å². The fourth-order valence-electron chi connectivity index (χ4n) is 3.46. The molecule has 1 aliphatic carbocycles. The summed E-state index contributed by atoms with van der Waals surface area (Å²) in [6.07, 6.45) is -4.90. The number of nitrogens with one attached hydrogen (secondary N) is 1. The van der Waals surface area contributed by atoms with Crippen molar-refractivity contribution in [1.29, 1.82) is 0 Å². The summed E-state index contributed by atoms with van der Waals surface area (Å²) in [5.74, 6) is -1.03. The lowest BCUT2D eigenvalue weighted by Gasteiger charge is -2.40. The molecule has 2 N–H and O–H groups in total. The number of rotatable bonds is 4. The van der Waals surface area contributed by atoms with E-state index in [0.717, 1.165) is 6.20 Å². The highest BCUT2D eigenvalue weighted by Gasteiger charge is 2.43. The number of nitrogens with zero attached hydrogens (tertiary/aromatic N) is 2. The molecule has 2 aromatic rings. The topological polar surface area (TPSA) is 75.1 Å². The summed E-state index contributed by atoms with van der Waals surface area (Å²) >= 11 is 11.7. The first kappa shape index (κ1) is 22.7. The predicted octanol–water partition coefficient (Wildman–Crippen LogP) is 4.92. The molecular formula is C19H17Cl2F4N3O2. The highest BCUT2D eigenvalue weighted by atomic mass is 35.5. The molecule has 0 radical (unpaired) electrons. The number of aliphatic hydroxyl groups is 1. The van der Waals surface area contributed by atoms with E-state index in [0.29, 0.717) is 6.07 Å². The third kappa shape index (κ3) is 4.84. The quantitative estimate of drug-likeness (QED) is 0.496. The van der Waals surface area contributed by atoms with Crippen molar-refractivity contribution in [2.45, 2.75) is 49.7 Å². The number of carbonyl (C=O) groups is 1. The molecule has 0 bridgehead atoms. The van der Waals surface area contributed by atoms with Crippen molar-refractivity contribution < 1.29 is 27.5 Å². The third-order valence-corrected chi connectivity index (χ3v) is 5.63. The van der Waals surface area contributed by atoms with E-state index in [-0.39, 0.29) is 36.5 Å². The fraction of sp³-hybridized carbons (Fsp3) is 0.421. The van der Waals surface area contributed by atoms with Gasteiger partial charge in [0.05, 0.1) is 21.9 Å². The second-order valence-electron chi connectivity index (χ2n) is 7.09. The fourth-order valence-corrected chi connectivity index (χ4v) is 3.93. The summed E-state index contributed by atoms with van der Waals surface area (Å²) in [6.45, 7) is 0. The minimum absolute atomic E-state index is 0.0110. The third-order valence-electron chi connectivity index (χ3n) is 5.04. The first-order valence-corrected chi connectivity index (χ1v) is 9.78. The Kier molecular flexibility index (Phi) is 6.54. The molecule has 1 fully saturated rings. The molecule has 1 atom stereocenters. The SMILES string of the molecule is O=C(NC(c1cccc(Cl)n1)C1(O)CCC(F)CC1)c1nccc(C(F)(F)F)c1Cl. The van der Waals surface area contributed by atoms with E-state index in [1.807, 2.05) is 0 Å². The number of hydrogen-bond acceptors (Lipinski definition) is 4. The lowest BCUT2D eigenvalue weighted by Crippen LogP contribution is -2.49. The molecule has 1 saturated carbocycles. The normalized spacial score (nSPS) is 23.1. The summed E-state index contributed by atoms with van der Waals surface area (Å²) in [5, 5.41) is 12.8. The highest BCUT2D eigenvalue weighted by molar-refractivity contribution is 6.34. The number of hydrogen-bond donors (Lipinski definition) is 2. The maximum atomic E-state index is 13.6. The number of carbonyl (C=O) groups excluding carboxylic acids is 1. The van der Waals surface area contributed by atoms with E-state index in [2.05, 4.69) is 15.3 Å². The van der Waals surface area contributed by atoms with E-state index in [1.165, 1.54) is 12.1 Å². The van der Waals surface area contributed by atoms with Crippen LogP contribution in [0.25, 0.3) is 0 Å². The molecule has 162 valence electrons. The Morgan fingerprint density at radius 2 is 1.90 bits per heavy atom. The Morgan fingerprint density at radius 3 is 2.50 bits per heavy atom. The van der Waals surface area contributed by atoms with Crippen molar-refractivity contribution in [2.24, 2.45) is 0 Å². The molecule has 1 amide bonds. The predicted molar refractivity (Wildman–Crippen MR) is 102 cm³/mol. The second kappa shape index (κ2) is 8.64. The van der Waals surface area contributed by atoms with Gasteiger partial charge in [-0.2, -0.15) is 13.2 Å². The number of aromatic nitrogens is 2. The largest absolute Gasteiger partial charge is 0.417 e. The molecule has 5 nitrogen and oxygen atoms in total. The van der Waals surface area contributed by atoms with Gasteiger partial charge in [-0.3, -0.25) is 4.79 Å². The second-order valence-corrected chi connectivity index (χ2v) is 7.85. The van der Waals surface area contributed by atoms with Gasteiger partial charge in [0.2, 0.25) is 0 Å². The molecular weight excluding hydrogens is 449 g/mol. The molecule has 2 aromatic heterocycles. The van der Waals surface area contributed by atoms with E-state index in [4.69, 9.17) is 23.2 Å². The summed E-state index contributed by atoms with van der Waals surface area (Å²) in [6, 6.07) is 4.02. The van der Waals surface area contributed by atoms with Gasteiger partial charge in [0, 0.05) is 6.20 Å². The molecule has 1 unspecified atom stereocenters. The molecule has 3 rings (SSSR count). The van der Waals surface area contributed by atoms with E-state index in [1.54, 1.807) is 6.07 Å². The molecule has 0 aromatic carbocycles. The van der Waals surface area contributed by atoms with Crippen molar-refractivity contribution in [3.63, 3.8) is 0 Å². The lowest BCUT2D eigenvalue weighted by atomic mass is 9.77. The summed E-state index contributed by atoms with van der Waals surface area (Å²) in [4.78, 5) is 20.6. The van der Waals surface area contributed by atoms with Crippen molar-refractivity contribution in [3.05, 3.63) is 57.6 Å². The minimum atomic E-state index is -4.78. The van der Waals surface area contributed by atoms with Gasteiger partial charge in [0.15, 0.2) is 0 Å². The van der Waals surface area contributed by atoms with Crippen LogP contribution in [0.3, 0.4) is 0 Å². The summed E-state index contributed by atoms with van der Waals surface area (Å²) in [5.41, 5.74) is -3.26. The average Bonchev–Trinajstić information content (AvgIpc) is 2.67. The molecule has 0 spiro atoms. The number of halogens is 6. The van der Waals surface area contributed by atoms with Crippen LogP contribution in [0.15, 0.2) is 30.5 Å². The monoisotopic (exact) mass is 465 g/mol. The lowest BCUT2D eigenvalue weighted by molar-refractivity contribution is -0.137. The zero-order valence-electron chi connectivity index (χ0n) is 15.4. The molecule has 2 heterocycles. The molecule has 1 aliphatic rings. The summed E-state index contributed by atoms with van der Waals surface area (Å²) < 4.78 is 52.9. The smallest absolute Gasteiger partial charge is 0.387 e. The van der Waals surface area contributed by atoms with Crippen LogP contribution in [0, 0.1) is 0 Å². The Bertz CT molecular complexity index is 934. The van der Waals surface area contributed by atoms with Crippen molar-refractivity contribution in [2.75, 3.05) is 0 Å². The highest BCUT2D eigenvalue weighted by Crippen LogP contribution is 2.40. The minimum Gasteiger partial charge on any atom is -0.387 e. The van der Waals surface area contributed by atoms with Crippen LogP contribution in [-0.4, -0.2) is 32.8 Å². The molecule has 0 saturated heterocycles. The van der Waals surface area contributed by atoms with E-state index >= 15 is 0 Å². The van der Waals surface area contributed by atoms with Crippen LogP contribution in [0.5, 0.6) is 0 Å². The maximum Gasteiger partial charge on any atom is 0.417 e. The zero-order valence-corrected chi connectivity index (χ0v) is 16.9. The number of amides is 1. The van der Waals surface area contributed by atoms with Crippen molar-refractivity contribution >= 4 is 29.1 Å². The summed E-state index contributed by atoms with van der Waals surface area (Å²) in [7, 11) is 0. The van der Waals surface area contributed by atoms with Crippen LogP contribution in [-0.2, 0) is 6.18 Å². The van der Waals surface area contributed by atoms with Gasteiger partial charge in [-0.15, -0.1) is 0 Å². The van der Waals surface area contributed by atoms with Gasteiger partial charge in [-0.05, 0) is 43.9 Å². The van der Waals surface area contributed by atoms with E-state index < -0.39 is 46.2 Å². The van der Waals surface area contributed by atoms with Crippen LogP contribution in [0.2, 0.25) is 10.2 Å². The Hall–Kier alpha value is -1.97. The number of alkyl halides is 4. The Labute approximate surface area is 179 Å². The first-order chi connectivity index (χ1) is 14.0. The molecule has 30 heavy (non-hydrogen) atoms. The Balaban J connectivity index is 1.97. The number of pyridine rings is 2. The van der Waals surface area contributed by atoms with Crippen LogP contribution in [0.1, 0.15) is 53.5 Å². The standard InChI is InChI=1S/C19H17Cl2F4N3O2/c20-13-3-1-2-12(27-13)16(18(30)7-4-10(22)5-8-18)28-17(29)15-14(21)11(6-9-26-15)19(23,24)25/h1-3,6,9-10,16,30H,4-5,7-8H2,(H,28,29). The van der Waals surface area contributed by atoms with Crippen LogP contribution in [0.4, 0.5) is 17.6 Å². The van der Waals surface area contributed by atoms with Gasteiger partial charge >= 0.3 is 6.18 Å². The average molecular weight is 466 g/mol.